The Morgan fingerprint density at radius 1 is 1.05 bits per heavy atom. The Hall–Kier alpha value is -1.72. The molecule has 2 heterocycles. The fraction of sp³-hybridized carbons (Fsp3) is 0.0714. The van der Waals surface area contributed by atoms with Crippen LogP contribution in [0.15, 0.2) is 36.4 Å². The van der Waals surface area contributed by atoms with E-state index < -0.39 is 0 Å². The molecule has 1 aromatic carbocycles. The van der Waals surface area contributed by atoms with Crippen molar-refractivity contribution in [1.82, 2.24) is 4.98 Å². The van der Waals surface area contributed by atoms with Gasteiger partial charge >= 0.3 is 0 Å². The lowest BCUT2D eigenvalue weighted by Crippen LogP contribution is -2.30. The van der Waals surface area contributed by atoms with E-state index >= 15 is 0 Å². The maximum Gasteiger partial charge on any atom is 0.267 e. The number of pyridine rings is 1. The highest BCUT2D eigenvalue weighted by Gasteiger charge is 2.37. The van der Waals surface area contributed by atoms with E-state index in [9.17, 15) is 9.59 Å². The Morgan fingerprint density at radius 2 is 1.65 bits per heavy atom. The summed E-state index contributed by atoms with van der Waals surface area (Å²) in [5.41, 5.74) is 1.38. The van der Waals surface area contributed by atoms with Gasteiger partial charge in [-0.1, -0.05) is 39.7 Å². The monoisotopic (exact) mass is 350 g/mol. The number of hydrogen-bond acceptors (Lipinski definition) is 3. The average Bonchev–Trinajstić information content (AvgIpc) is 2.72. The van der Waals surface area contributed by atoms with E-state index in [0.717, 1.165) is 4.90 Å². The quantitative estimate of drug-likeness (QED) is 0.615. The first-order chi connectivity index (χ1) is 9.63. The Balaban J connectivity index is 2.09. The van der Waals surface area contributed by atoms with Crippen molar-refractivity contribution >= 4 is 45.2 Å². The number of halogens is 2. The molecule has 3 rings (SSSR count). The summed E-state index contributed by atoms with van der Waals surface area (Å²) in [6.45, 7) is 0. The Labute approximate surface area is 128 Å². The molecule has 0 radical (unpaired) electrons. The lowest BCUT2D eigenvalue weighted by atomic mass is 10.1. The Kier molecular flexibility index (Phi) is 3.31. The number of aromatic nitrogens is 1. The maximum absolute atomic E-state index is 12.3. The average molecular weight is 352 g/mol. The second-order valence-electron chi connectivity index (χ2n) is 4.22. The molecule has 6 heteroatoms. The molecule has 1 aliphatic rings. The fourth-order valence-corrected chi connectivity index (χ4v) is 2.85. The van der Waals surface area contributed by atoms with Crippen molar-refractivity contribution in [2.24, 2.45) is 0 Å². The summed E-state index contributed by atoms with van der Waals surface area (Å²) < 4.78 is 0. The van der Waals surface area contributed by atoms with Gasteiger partial charge in [-0.3, -0.25) is 9.59 Å². The smallest absolute Gasteiger partial charge is 0.267 e. The Bertz CT molecular complexity index is 698. The van der Waals surface area contributed by atoms with Crippen LogP contribution in [0.1, 0.15) is 26.4 Å². The Morgan fingerprint density at radius 3 is 2.20 bits per heavy atom. The van der Waals surface area contributed by atoms with Gasteiger partial charge in [0.15, 0.2) is 0 Å². The summed E-state index contributed by atoms with van der Waals surface area (Å²) >= 11 is 9.26. The topological polar surface area (TPSA) is 50.3 Å². The molecule has 0 saturated heterocycles. The number of benzene rings is 1. The lowest BCUT2D eigenvalue weighted by Gasteiger charge is -2.13. The van der Waals surface area contributed by atoms with Crippen LogP contribution >= 0.6 is 27.5 Å². The first-order valence-corrected chi connectivity index (χ1v) is 7.32. The first-order valence-electron chi connectivity index (χ1n) is 5.82. The number of hydrogen-bond donors (Lipinski definition) is 0. The van der Waals surface area contributed by atoms with E-state index in [0.29, 0.717) is 27.2 Å². The van der Waals surface area contributed by atoms with Crippen molar-refractivity contribution < 1.29 is 9.59 Å². The van der Waals surface area contributed by atoms with Gasteiger partial charge in [0.25, 0.3) is 11.8 Å². The van der Waals surface area contributed by atoms with Crippen molar-refractivity contribution in [1.29, 1.82) is 0 Å². The second-order valence-corrected chi connectivity index (χ2v) is 5.19. The number of amides is 2. The van der Waals surface area contributed by atoms with Crippen molar-refractivity contribution in [3.63, 3.8) is 0 Å². The summed E-state index contributed by atoms with van der Waals surface area (Å²) in [6.07, 6.45) is 0. The summed E-state index contributed by atoms with van der Waals surface area (Å²) in [4.78, 5) is 30.0. The minimum Gasteiger partial charge on any atom is -0.268 e. The predicted molar refractivity (Wildman–Crippen MR) is 79.5 cm³/mol. The second kappa shape index (κ2) is 5.00. The highest BCUT2D eigenvalue weighted by atomic mass is 79.9. The SMILES string of the molecule is O=C1c2ccccc2C(=O)N1c1ccc(Cl)c(CBr)n1. The van der Waals surface area contributed by atoms with Crippen LogP contribution in [-0.4, -0.2) is 16.8 Å². The molecule has 0 atom stereocenters. The van der Waals surface area contributed by atoms with Gasteiger partial charge in [0.1, 0.15) is 5.82 Å². The van der Waals surface area contributed by atoms with Crippen LogP contribution in [0.25, 0.3) is 0 Å². The van der Waals surface area contributed by atoms with Crippen LogP contribution in [0.2, 0.25) is 5.02 Å². The van der Waals surface area contributed by atoms with Crippen molar-refractivity contribution in [3.05, 3.63) is 58.2 Å². The number of carbonyl (C=O) groups excluding carboxylic acids is 2. The van der Waals surface area contributed by atoms with Crippen LogP contribution < -0.4 is 4.90 Å². The summed E-state index contributed by atoms with van der Waals surface area (Å²) in [5, 5.41) is 0.935. The van der Waals surface area contributed by atoms with Crippen molar-refractivity contribution in [3.8, 4) is 0 Å². The highest BCUT2D eigenvalue weighted by Crippen LogP contribution is 2.29. The summed E-state index contributed by atoms with van der Waals surface area (Å²) in [5.74, 6) is -0.433. The molecule has 2 aromatic rings. The molecule has 0 bridgehead atoms. The minimum atomic E-state index is -0.360. The number of imide groups is 1. The molecule has 0 fully saturated rings. The van der Waals surface area contributed by atoms with E-state index in [1.165, 1.54) is 0 Å². The number of rotatable bonds is 2. The molecule has 0 saturated carbocycles. The molecule has 1 aromatic heterocycles. The lowest BCUT2D eigenvalue weighted by molar-refractivity contribution is 0.0925. The molecular weight excluding hydrogens is 344 g/mol. The zero-order valence-corrected chi connectivity index (χ0v) is 12.5. The van der Waals surface area contributed by atoms with Gasteiger partial charge in [0.2, 0.25) is 0 Å². The van der Waals surface area contributed by atoms with Gasteiger partial charge in [-0.25, -0.2) is 9.88 Å². The predicted octanol–water partition coefficient (Wildman–Crippen LogP) is 3.43. The maximum atomic E-state index is 12.3. The van der Waals surface area contributed by atoms with Crippen LogP contribution in [0.4, 0.5) is 5.82 Å². The molecule has 0 N–H and O–H groups in total. The summed E-state index contributed by atoms with van der Waals surface area (Å²) in [6, 6.07) is 9.92. The normalized spacial score (nSPS) is 13.8. The molecule has 0 unspecified atom stereocenters. The van der Waals surface area contributed by atoms with Gasteiger partial charge in [0, 0.05) is 5.33 Å². The minimum absolute atomic E-state index is 0.287. The van der Waals surface area contributed by atoms with E-state index in [2.05, 4.69) is 20.9 Å². The van der Waals surface area contributed by atoms with Gasteiger partial charge in [-0.05, 0) is 24.3 Å². The van der Waals surface area contributed by atoms with Crippen molar-refractivity contribution in [2.45, 2.75) is 5.33 Å². The van der Waals surface area contributed by atoms with Crippen molar-refractivity contribution in [2.75, 3.05) is 4.90 Å². The first kappa shape index (κ1) is 13.3. The van der Waals surface area contributed by atoms with Gasteiger partial charge in [-0.2, -0.15) is 0 Å². The van der Waals surface area contributed by atoms with Crippen LogP contribution in [0, 0.1) is 0 Å². The zero-order valence-electron chi connectivity index (χ0n) is 10.1. The van der Waals surface area contributed by atoms with Gasteiger partial charge in [0.05, 0.1) is 21.8 Å². The molecule has 4 nitrogen and oxygen atoms in total. The van der Waals surface area contributed by atoms with Gasteiger partial charge < -0.3 is 0 Å². The molecule has 20 heavy (non-hydrogen) atoms. The van der Waals surface area contributed by atoms with Crippen LogP contribution in [0.5, 0.6) is 0 Å². The molecule has 0 aliphatic carbocycles. The molecule has 100 valence electrons. The third kappa shape index (κ3) is 1.94. The van der Waals surface area contributed by atoms with Gasteiger partial charge in [-0.15, -0.1) is 0 Å². The third-order valence-corrected chi connectivity index (χ3v) is 3.93. The number of carbonyl (C=O) groups is 2. The number of fused-ring (bicyclic) bond motifs is 1. The molecule has 2 amide bonds. The standard InChI is InChI=1S/C14H8BrClN2O2/c15-7-11-10(16)5-6-12(17-11)18-13(19)8-3-1-2-4-9(8)14(18)20/h1-6H,7H2. The number of alkyl halides is 1. The largest absolute Gasteiger partial charge is 0.268 e. The summed E-state index contributed by atoms with van der Waals surface area (Å²) in [7, 11) is 0. The van der Waals surface area contributed by atoms with Crippen LogP contribution in [0.3, 0.4) is 0 Å². The molecular formula is C14H8BrClN2O2. The fourth-order valence-electron chi connectivity index (χ4n) is 2.09. The number of anilines is 1. The van der Waals surface area contributed by atoms with Crippen LogP contribution in [-0.2, 0) is 5.33 Å². The molecule has 0 spiro atoms. The molecule has 1 aliphatic heterocycles. The van der Waals surface area contributed by atoms with E-state index in [1.807, 2.05) is 0 Å². The van der Waals surface area contributed by atoms with E-state index in [4.69, 9.17) is 11.6 Å². The number of nitrogens with zero attached hydrogens (tertiary/aromatic N) is 2. The van der Waals surface area contributed by atoms with E-state index in [1.54, 1.807) is 36.4 Å². The highest BCUT2D eigenvalue weighted by molar-refractivity contribution is 9.08. The van der Waals surface area contributed by atoms with E-state index in [-0.39, 0.29) is 17.6 Å². The zero-order chi connectivity index (χ0) is 14.3. The third-order valence-electron chi connectivity index (χ3n) is 3.05.